The Labute approximate surface area is 177 Å². The Morgan fingerprint density at radius 3 is 2.63 bits per heavy atom. The van der Waals surface area contributed by atoms with Gasteiger partial charge in [0.15, 0.2) is 5.82 Å². The van der Waals surface area contributed by atoms with Crippen LogP contribution in [0.15, 0.2) is 18.3 Å². The Morgan fingerprint density at radius 2 is 2.07 bits per heavy atom. The molecule has 0 spiro atoms. The summed E-state index contributed by atoms with van der Waals surface area (Å²) in [5.74, 6) is 2.07. The molecular weight excluding hydrogens is 382 g/mol. The second-order valence-electron chi connectivity index (χ2n) is 9.08. The molecule has 0 aliphatic carbocycles. The minimum absolute atomic E-state index is 0.0674. The van der Waals surface area contributed by atoms with Crippen LogP contribution < -0.4 is 10.6 Å². The monoisotopic (exact) mass is 415 g/mol. The van der Waals surface area contributed by atoms with Crippen molar-refractivity contribution in [1.82, 2.24) is 24.6 Å². The minimum Gasteiger partial charge on any atom is -0.465 e. The van der Waals surface area contributed by atoms with Crippen LogP contribution in [-0.4, -0.2) is 54.5 Å². The molecule has 3 rings (SSSR count). The van der Waals surface area contributed by atoms with Crippen LogP contribution in [0.5, 0.6) is 0 Å². The van der Waals surface area contributed by atoms with Crippen molar-refractivity contribution in [2.45, 2.75) is 59.5 Å². The summed E-state index contributed by atoms with van der Waals surface area (Å²) in [7, 11) is 1.89. The SMILES string of the molecule is CCC1C(Nc2ccnc(Nc3cc(C)n(C)n3)n2)CCN(C(=O)O)C1C(C)(C)C. The fraction of sp³-hybridized carbons (Fsp3) is 0.619. The summed E-state index contributed by atoms with van der Waals surface area (Å²) in [4.78, 5) is 22.4. The normalized spacial score (nSPS) is 22.1. The standard InChI is InChI=1S/C21H33N7O2/c1-7-14-15(9-11-28(20(29)30)18(14)21(3,4)5)23-16-8-10-22-19(24-16)25-17-12-13(2)27(6)26-17/h8,10,12,14-15,18H,7,9,11H2,1-6H3,(H,29,30)(H2,22,23,24,25,26). The van der Waals surface area contributed by atoms with E-state index in [0.717, 1.165) is 24.4 Å². The van der Waals surface area contributed by atoms with Crippen molar-refractivity contribution < 1.29 is 9.90 Å². The number of carboxylic acid groups (broad SMARTS) is 1. The average molecular weight is 416 g/mol. The molecular formula is C21H33N7O2. The van der Waals surface area contributed by atoms with Gasteiger partial charge < -0.3 is 20.6 Å². The fourth-order valence-corrected chi connectivity index (χ4v) is 4.52. The lowest BCUT2D eigenvalue weighted by Crippen LogP contribution is -2.59. The molecule has 3 N–H and O–H groups in total. The van der Waals surface area contributed by atoms with Gasteiger partial charge in [0.2, 0.25) is 5.95 Å². The molecule has 0 radical (unpaired) electrons. The molecule has 9 heteroatoms. The summed E-state index contributed by atoms with van der Waals surface area (Å²) in [6.45, 7) is 11.0. The second kappa shape index (κ2) is 8.49. The topological polar surface area (TPSA) is 108 Å². The zero-order valence-electron chi connectivity index (χ0n) is 18.7. The molecule has 1 aliphatic rings. The van der Waals surface area contributed by atoms with E-state index >= 15 is 0 Å². The van der Waals surface area contributed by atoms with Gasteiger partial charge in [-0.15, -0.1) is 0 Å². The molecule has 1 amide bonds. The third kappa shape index (κ3) is 4.66. The molecule has 2 aromatic rings. The number of nitrogens with zero attached hydrogens (tertiary/aromatic N) is 5. The van der Waals surface area contributed by atoms with Crippen LogP contribution >= 0.6 is 0 Å². The van der Waals surface area contributed by atoms with E-state index in [0.29, 0.717) is 18.3 Å². The Morgan fingerprint density at radius 1 is 1.33 bits per heavy atom. The Kier molecular flexibility index (Phi) is 6.19. The van der Waals surface area contributed by atoms with Gasteiger partial charge in [0, 0.05) is 43.6 Å². The van der Waals surface area contributed by atoms with Crippen LogP contribution in [0.4, 0.5) is 22.4 Å². The number of hydrogen-bond donors (Lipinski definition) is 3. The predicted molar refractivity (Wildman–Crippen MR) is 117 cm³/mol. The summed E-state index contributed by atoms with van der Waals surface area (Å²) in [6, 6.07) is 3.85. The minimum atomic E-state index is -0.842. The molecule has 0 saturated carbocycles. The molecule has 3 heterocycles. The summed E-state index contributed by atoms with van der Waals surface area (Å²) in [6.07, 6.45) is 2.49. The quantitative estimate of drug-likeness (QED) is 0.680. The van der Waals surface area contributed by atoms with E-state index < -0.39 is 6.09 Å². The second-order valence-corrected chi connectivity index (χ2v) is 9.08. The predicted octanol–water partition coefficient (Wildman–Crippen LogP) is 3.87. The van der Waals surface area contributed by atoms with Crippen LogP contribution in [-0.2, 0) is 7.05 Å². The van der Waals surface area contributed by atoms with Gasteiger partial charge in [-0.1, -0.05) is 27.7 Å². The summed E-state index contributed by atoms with van der Waals surface area (Å²) >= 11 is 0. The largest absolute Gasteiger partial charge is 0.465 e. The number of amides is 1. The first-order chi connectivity index (χ1) is 14.1. The molecule has 1 saturated heterocycles. The third-order valence-electron chi connectivity index (χ3n) is 5.89. The van der Waals surface area contributed by atoms with Gasteiger partial charge in [-0.05, 0) is 37.2 Å². The van der Waals surface area contributed by atoms with Crippen LogP contribution in [0.3, 0.4) is 0 Å². The lowest BCUT2D eigenvalue weighted by molar-refractivity contribution is 0.0160. The van der Waals surface area contributed by atoms with Gasteiger partial charge in [-0.3, -0.25) is 4.68 Å². The molecule has 1 fully saturated rings. The molecule has 0 bridgehead atoms. The molecule has 164 valence electrons. The van der Waals surface area contributed by atoms with E-state index in [2.05, 4.69) is 53.4 Å². The number of carbonyl (C=O) groups is 1. The molecule has 3 unspecified atom stereocenters. The van der Waals surface area contributed by atoms with Crippen molar-refractivity contribution in [3.8, 4) is 0 Å². The first-order valence-electron chi connectivity index (χ1n) is 10.5. The van der Waals surface area contributed by atoms with Crippen LogP contribution in [0.25, 0.3) is 0 Å². The molecule has 9 nitrogen and oxygen atoms in total. The molecule has 0 aromatic carbocycles. The zero-order chi connectivity index (χ0) is 22.1. The highest BCUT2D eigenvalue weighted by molar-refractivity contribution is 5.66. The van der Waals surface area contributed by atoms with E-state index in [1.54, 1.807) is 15.8 Å². The zero-order valence-corrected chi connectivity index (χ0v) is 18.7. The highest BCUT2D eigenvalue weighted by Gasteiger charge is 2.45. The van der Waals surface area contributed by atoms with Crippen molar-refractivity contribution in [2.24, 2.45) is 18.4 Å². The third-order valence-corrected chi connectivity index (χ3v) is 5.89. The number of piperidine rings is 1. The first-order valence-corrected chi connectivity index (χ1v) is 10.5. The smallest absolute Gasteiger partial charge is 0.407 e. The highest BCUT2D eigenvalue weighted by Crippen LogP contribution is 2.38. The van der Waals surface area contributed by atoms with Gasteiger partial charge >= 0.3 is 6.09 Å². The van der Waals surface area contributed by atoms with Gasteiger partial charge in [0.05, 0.1) is 0 Å². The van der Waals surface area contributed by atoms with Gasteiger partial charge in [0.25, 0.3) is 0 Å². The number of nitrogens with one attached hydrogen (secondary N) is 2. The molecule has 2 aromatic heterocycles. The van der Waals surface area contributed by atoms with Crippen LogP contribution in [0.2, 0.25) is 0 Å². The summed E-state index contributed by atoms with van der Waals surface area (Å²) in [5.41, 5.74) is 0.880. The van der Waals surface area contributed by atoms with Crippen LogP contribution in [0, 0.1) is 18.3 Å². The number of anilines is 3. The Hall–Kier alpha value is -2.84. The van der Waals surface area contributed by atoms with E-state index in [-0.39, 0.29) is 23.4 Å². The lowest BCUT2D eigenvalue weighted by atomic mass is 9.71. The van der Waals surface area contributed by atoms with E-state index in [1.165, 1.54) is 0 Å². The number of rotatable bonds is 5. The lowest BCUT2D eigenvalue weighted by Gasteiger charge is -2.50. The number of likely N-dealkylation sites (tertiary alicyclic amines) is 1. The summed E-state index contributed by atoms with van der Waals surface area (Å²) in [5, 5.41) is 20.8. The molecule has 1 aliphatic heterocycles. The number of hydrogen-bond acceptors (Lipinski definition) is 6. The average Bonchev–Trinajstić information content (AvgIpc) is 2.97. The van der Waals surface area contributed by atoms with Gasteiger partial charge in [0.1, 0.15) is 5.82 Å². The molecule has 3 atom stereocenters. The van der Waals surface area contributed by atoms with Crippen molar-refractivity contribution in [3.05, 3.63) is 24.0 Å². The first kappa shape index (κ1) is 21.9. The van der Waals surface area contributed by atoms with Crippen molar-refractivity contribution in [1.29, 1.82) is 0 Å². The van der Waals surface area contributed by atoms with E-state index in [1.807, 2.05) is 26.1 Å². The Bertz CT molecular complexity index is 870. The summed E-state index contributed by atoms with van der Waals surface area (Å²) < 4.78 is 1.79. The van der Waals surface area contributed by atoms with Crippen molar-refractivity contribution in [2.75, 3.05) is 17.2 Å². The van der Waals surface area contributed by atoms with Crippen molar-refractivity contribution in [3.63, 3.8) is 0 Å². The number of aryl methyl sites for hydroxylation is 2. The van der Waals surface area contributed by atoms with Gasteiger partial charge in [-0.25, -0.2) is 9.78 Å². The maximum Gasteiger partial charge on any atom is 0.407 e. The van der Waals surface area contributed by atoms with Crippen molar-refractivity contribution >= 4 is 23.7 Å². The Balaban J connectivity index is 1.78. The van der Waals surface area contributed by atoms with E-state index in [4.69, 9.17) is 0 Å². The number of aromatic nitrogens is 4. The maximum absolute atomic E-state index is 11.9. The fourth-order valence-electron chi connectivity index (χ4n) is 4.52. The van der Waals surface area contributed by atoms with Crippen LogP contribution in [0.1, 0.15) is 46.2 Å². The van der Waals surface area contributed by atoms with E-state index in [9.17, 15) is 9.90 Å². The highest BCUT2D eigenvalue weighted by atomic mass is 16.4. The molecule has 30 heavy (non-hydrogen) atoms. The van der Waals surface area contributed by atoms with Gasteiger partial charge in [-0.2, -0.15) is 10.1 Å². The maximum atomic E-state index is 11.9.